The molecule has 1 amide bonds. The number of carbonyl (C=O) groups is 1. The molecule has 3 aromatic rings. The molecule has 1 N–H and O–H groups in total. The van der Waals surface area contributed by atoms with Gasteiger partial charge in [-0.1, -0.05) is 30.3 Å². The van der Waals surface area contributed by atoms with Crippen molar-refractivity contribution in [2.75, 3.05) is 11.9 Å². The topological polar surface area (TPSA) is 114 Å². The first-order valence-electron chi connectivity index (χ1n) is 10.2. The van der Waals surface area contributed by atoms with Gasteiger partial charge in [-0.25, -0.2) is 0 Å². The molecule has 172 valence electrons. The summed E-state index contributed by atoms with van der Waals surface area (Å²) >= 11 is 2.12. The van der Waals surface area contributed by atoms with Gasteiger partial charge < -0.3 is 14.8 Å². The minimum Gasteiger partial charge on any atom is -0.490 e. The lowest BCUT2D eigenvalue weighted by molar-refractivity contribution is -0.384. The van der Waals surface area contributed by atoms with Gasteiger partial charge in [-0.2, -0.15) is 5.26 Å². The van der Waals surface area contributed by atoms with Crippen LogP contribution in [0.1, 0.15) is 18.1 Å². The van der Waals surface area contributed by atoms with Crippen LogP contribution in [0.25, 0.3) is 6.08 Å². The monoisotopic (exact) mass is 569 g/mol. The lowest BCUT2D eigenvalue weighted by atomic mass is 10.1. The number of nitro benzene ring substituents is 1. The summed E-state index contributed by atoms with van der Waals surface area (Å²) in [7, 11) is 0. The standard InChI is InChI=1S/C25H20IN3O5/c1-2-33-23-14-18(13-22(26)24(23)34-16-17-6-4-3-5-7-17)12-19(15-27)25(30)28-20-8-10-21(11-9-20)29(31)32/h3-14H,2,16H2,1H3,(H,28,30)/b19-12+. The van der Waals surface area contributed by atoms with Crippen molar-refractivity contribution in [3.8, 4) is 17.6 Å². The molecule has 0 heterocycles. The molecule has 0 fully saturated rings. The van der Waals surface area contributed by atoms with E-state index in [0.29, 0.717) is 36.0 Å². The fourth-order valence-electron chi connectivity index (χ4n) is 2.98. The van der Waals surface area contributed by atoms with Crippen molar-refractivity contribution in [2.24, 2.45) is 0 Å². The normalized spacial score (nSPS) is 10.8. The molecular formula is C25H20IN3O5. The van der Waals surface area contributed by atoms with E-state index in [1.54, 1.807) is 12.1 Å². The number of hydrogen-bond donors (Lipinski definition) is 1. The van der Waals surface area contributed by atoms with Crippen LogP contribution in [-0.4, -0.2) is 17.4 Å². The predicted molar refractivity (Wildman–Crippen MR) is 136 cm³/mol. The summed E-state index contributed by atoms with van der Waals surface area (Å²) in [5.74, 6) is 0.454. The van der Waals surface area contributed by atoms with Crippen LogP contribution in [0, 0.1) is 25.0 Å². The number of nitriles is 1. The fourth-order valence-corrected chi connectivity index (χ4v) is 3.77. The van der Waals surface area contributed by atoms with E-state index in [4.69, 9.17) is 9.47 Å². The predicted octanol–water partition coefficient (Wildman–Crippen LogP) is 5.72. The summed E-state index contributed by atoms with van der Waals surface area (Å²) in [5, 5.41) is 22.9. The number of hydrogen-bond acceptors (Lipinski definition) is 6. The maximum Gasteiger partial charge on any atom is 0.269 e. The molecule has 0 spiro atoms. The average molecular weight is 569 g/mol. The highest BCUT2D eigenvalue weighted by molar-refractivity contribution is 14.1. The minimum absolute atomic E-state index is 0.0957. The molecule has 0 unspecified atom stereocenters. The van der Waals surface area contributed by atoms with E-state index in [1.165, 1.54) is 30.3 Å². The molecule has 3 aromatic carbocycles. The first kappa shape index (κ1) is 24.7. The third kappa shape index (κ3) is 6.55. The van der Waals surface area contributed by atoms with Gasteiger partial charge in [0.25, 0.3) is 11.6 Å². The largest absolute Gasteiger partial charge is 0.490 e. The van der Waals surface area contributed by atoms with Gasteiger partial charge in [-0.3, -0.25) is 14.9 Å². The molecule has 0 atom stereocenters. The number of carbonyl (C=O) groups excluding carboxylic acids is 1. The SMILES string of the molecule is CCOc1cc(/C=C(\C#N)C(=O)Nc2ccc([N+](=O)[O-])cc2)cc(I)c1OCc1ccccc1. The van der Waals surface area contributed by atoms with E-state index in [2.05, 4.69) is 27.9 Å². The van der Waals surface area contributed by atoms with Crippen molar-refractivity contribution >= 4 is 45.9 Å². The second kappa shape index (κ2) is 11.8. The number of nitro groups is 1. The fraction of sp³-hybridized carbons (Fsp3) is 0.120. The van der Waals surface area contributed by atoms with Gasteiger partial charge in [0.1, 0.15) is 18.2 Å². The van der Waals surface area contributed by atoms with Gasteiger partial charge in [-0.15, -0.1) is 0 Å². The zero-order valence-corrected chi connectivity index (χ0v) is 20.3. The van der Waals surface area contributed by atoms with Gasteiger partial charge in [0.15, 0.2) is 11.5 Å². The molecule has 34 heavy (non-hydrogen) atoms. The van der Waals surface area contributed by atoms with E-state index in [-0.39, 0.29) is 11.3 Å². The van der Waals surface area contributed by atoms with Crippen molar-refractivity contribution in [1.29, 1.82) is 5.26 Å². The van der Waals surface area contributed by atoms with Crippen LogP contribution in [0.15, 0.2) is 72.3 Å². The summed E-state index contributed by atoms with van der Waals surface area (Å²) < 4.78 is 12.5. The zero-order chi connectivity index (χ0) is 24.5. The molecule has 9 heteroatoms. The van der Waals surface area contributed by atoms with Crippen molar-refractivity contribution in [3.63, 3.8) is 0 Å². The molecule has 3 rings (SSSR count). The van der Waals surface area contributed by atoms with Crippen molar-refractivity contribution < 1.29 is 19.2 Å². The third-order valence-electron chi connectivity index (χ3n) is 4.57. The van der Waals surface area contributed by atoms with Gasteiger partial charge in [0.05, 0.1) is 15.1 Å². The van der Waals surface area contributed by atoms with Crippen LogP contribution < -0.4 is 14.8 Å². The summed E-state index contributed by atoms with van der Waals surface area (Å²) in [5.41, 5.74) is 1.72. The lowest BCUT2D eigenvalue weighted by Gasteiger charge is -2.15. The Morgan fingerprint density at radius 1 is 1.15 bits per heavy atom. The molecular weight excluding hydrogens is 549 g/mol. The number of anilines is 1. The highest BCUT2D eigenvalue weighted by atomic mass is 127. The number of halogens is 1. The second-order valence-electron chi connectivity index (χ2n) is 6.97. The Kier molecular flexibility index (Phi) is 8.59. The number of nitrogens with one attached hydrogen (secondary N) is 1. The van der Waals surface area contributed by atoms with E-state index in [0.717, 1.165) is 9.13 Å². The van der Waals surface area contributed by atoms with Crippen molar-refractivity contribution in [2.45, 2.75) is 13.5 Å². The minimum atomic E-state index is -0.631. The zero-order valence-electron chi connectivity index (χ0n) is 18.2. The van der Waals surface area contributed by atoms with E-state index >= 15 is 0 Å². The summed E-state index contributed by atoms with van der Waals surface area (Å²) in [4.78, 5) is 22.8. The number of amides is 1. The highest BCUT2D eigenvalue weighted by Crippen LogP contribution is 2.35. The Bertz CT molecular complexity index is 1250. The van der Waals surface area contributed by atoms with Gasteiger partial charge in [0.2, 0.25) is 0 Å². The van der Waals surface area contributed by atoms with Crippen LogP contribution >= 0.6 is 22.6 Å². The third-order valence-corrected chi connectivity index (χ3v) is 5.37. The Hall–Kier alpha value is -3.91. The molecule has 0 radical (unpaired) electrons. The van der Waals surface area contributed by atoms with Crippen molar-refractivity contribution in [1.82, 2.24) is 0 Å². The molecule has 0 aliphatic carbocycles. The number of non-ortho nitro benzene ring substituents is 1. The molecule has 0 saturated carbocycles. The van der Waals surface area contributed by atoms with Crippen LogP contribution in [0.3, 0.4) is 0 Å². The number of benzene rings is 3. The second-order valence-corrected chi connectivity index (χ2v) is 8.13. The molecule has 0 aliphatic rings. The summed E-state index contributed by atoms with van der Waals surface area (Å²) in [6.07, 6.45) is 1.45. The molecule has 0 saturated heterocycles. The van der Waals surface area contributed by atoms with Crippen LogP contribution in [0.4, 0.5) is 11.4 Å². The maximum absolute atomic E-state index is 12.6. The highest BCUT2D eigenvalue weighted by Gasteiger charge is 2.15. The Morgan fingerprint density at radius 2 is 1.85 bits per heavy atom. The van der Waals surface area contributed by atoms with Crippen molar-refractivity contribution in [3.05, 3.63) is 97.1 Å². The quantitative estimate of drug-likeness (QED) is 0.116. The van der Waals surface area contributed by atoms with Gasteiger partial charge in [-0.05, 0) is 71.0 Å². The Labute approximate surface area is 210 Å². The van der Waals surface area contributed by atoms with Crippen LogP contribution in [0.2, 0.25) is 0 Å². The molecule has 0 aliphatic heterocycles. The first-order chi connectivity index (χ1) is 16.4. The van der Waals surface area contributed by atoms with Gasteiger partial charge >= 0.3 is 0 Å². The molecule has 0 aromatic heterocycles. The molecule has 0 bridgehead atoms. The summed E-state index contributed by atoms with van der Waals surface area (Å²) in [6.45, 7) is 2.64. The number of nitrogens with zero attached hydrogens (tertiary/aromatic N) is 2. The Balaban J connectivity index is 1.82. The average Bonchev–Trinajstić information content (AvgIpc) is 2.83. The summed E-state index contributed by atoms with van der Waals surface area (Å²) in [6, 6.07) is 20.5. The van der Waals surface area contributed by atoms with E-state index < -0.39 is 10.8 Å². The van der Waals surface area contributed by atoms with Crippen LogP contribution in [-0.2, 0) is 11.4 Å². The van der Waals surface area contributed by atoms with Gasteiger partial charge in [0, 0.05) is 17.8 Å². The number of rotatable bonds is 9. The smallest absolute Gasteiger partial charge is 0.269 e. The maximum atomic E-state index is 12.6. The molecule has 8 nitrogen and oxygen atoms in total. The number of ether oxygens (including phenoxy) is 2. The van der Waals surface area contributed by atoms with Crippen LogP contribution in [0.5, 0.6) is 11.5 Å². The first-order valence-corrected chi connectivity index (χ1v) is 11.3. The lowest BCUT2D eigenvalue weighted by Crippen LogP contribution is -2.13. The van der Waals surface area contributed by atoms with E-state index in [9.17, 15) is 20.2 Å². The van der Waals surface area contributed by atoms with E-state index in [1.807, 2.05) is 43.3 Å². The Morgan fingerprint density at radius 3 is 2.47 bits per heavy atom.